The van der Waals surface area contributed by atoms with Gasteiger partial charge in [0, 0.05) is 17.1 Å². The number of nitrogens with zero attached hydrogens (tertiary/aromatic N) is 2. The minimum Gasteiger partial charge on any atom is -0.467 e. The Hall–Kier alpha value is -1.71. The Labute approximate surface area is 162 Å². The van der Waals surface area contributed by atoms with Gasteiger partial charge in [-0.1, -0.05) is 39.9 Å². The normalized spacial score (nSPS) is 21.0. The average Bonchev–Trinajstić information content (AvgIpc) is 2.99. The van der Waals surface area contributed by atoms with Crippen LogP contribution in [0.15, 0.2) is 27.6 Å². The molecular formula is C16H13BrN2O4S2. The second-order valence-electron chi connectivity index (χ2n) is 5.47. The largest absolute Gasteiger partial charge is 0.467 e. The number of fused-ring (bicyclic) bond motifs is 1. The zero-order valence-electron chi connectivity index (χ0n) is 13.5. The molecule has 0 spiro atoms. The zero-order valence-corrected chi connectivity index (χ0v) is 16.8. The lowest BCUT2D eigenvalue weighted by molar-refractivity contribution is -0.147. The molecule has 0 saturated carbocycles. The molecule has 0 bridgehead atoms. The van der Waals surface area contributed by atoms with Crippen LogP contribution < -0.4 is 4.90 Å². The third-order valence-corrected chi connectivity index (χ3v) is 5.96. The number of hydrogen-bond donors (Lipinski definition) is 0. The van der Waals surface area contributed by atoms with Crippen molar-refractivity contribution in [3.8, 4) is 0 Å². The Morgan fingerprint density at radius 2 is 2.00 bits per heavy atom. The molecule has 1 saturated heterocycles. The molecule has 0 aromatic heterocycles. The van der Waals surface area contributed by atoms with Crippen LogP contribution in [0.1, 0.15) is 12.5 Å². The number of ether oxygens (including phenoxy) is 1. The number of carbonyl (C=O) groups is 3. The number of carbonyl (C=O) groups excluding carboxylic acids is 3. The third-order valence-electron chi connectivity index (χ3n) is 4.06. The van der Waals surface area contributed by atoms with E-state index in [4.69, 9.17) is 17.0 Å². The van der Waals surface area contributed by atoms with E-state index in [9.17, 15) is 14.4 Å². The molecule has 9 heteroatoms. The molecular weight excluding hydrogens is 428 g/mol. The number of benzene rings is 1. The maximum Gasteiger partial charge on any atom is 0.328 e. The molecule has 0 unspecified atom stereocenters. The first-order valence-corrected chi connectivity index (χ1v) is 9.25. The monoisotopic (exact) mass is 440 g/mol. The summed E-state index contributed by atoms with van der Waals surface area (Å²) < 4.78 is 5.72. The number of anilines is 1. The van der Waals surface area contributed by atoms with E-state index in [1.807, 2.05) is 12.1 Å². The van der Waals surface area contributed by atoms with Crippen LogP contribution in [0.4, 0.5) is 5.69 Å². The lowest BCUT2D eigenvalue weighted by Crippen LogP contribution is -2.42. The summed E-state index contributed by atoms with van der Waals surface area (Å²) in [6.07, 6.45) is 0. The van der Waals surface area contributed by atoms with Gasteiger partial charge in [0.15, 0.2) is 0 Å². The highest BCUT2D eigenvalue weighted by Crippen LogP contribution is 2.45. The van der Waals surface area contributed by atoms with E-state index in [0.29, 0.717) is 11.1 Å². The second kappa shape index (κ2) is 6.54. The first-order chi connectivity index (χ1) is 11.8. The quantitative estimate of drug-likeness (QED) is 0.399. The number of thiocarbonyl (C=S) groups is 1. The van der Waals surface area contributed by atoms with Crippen molar-refractivity contribution in [3.05, 3.63) is 33.1 Å². The van der Waals surface area contributed by atoms with E-state index in [2.05, 4.69) is 15.9 Å². The Morgan fingerprint density at radius 3 is 2.64 bits per heavy atom. The van der Waals surface area contributed by atoms with Crippen LogP contribution in [-0.4, -0.2) is 47.2 Å². The van der Waals surface area contributed by atoms with Crippen molar-refractivity contribution >= 4 is 73.3 Å². The summed E-state index contributed by atoms with van der Waals surface area (Å²) in [6, 6.07) is 4.58. The minimum absolute atomic E-state index is 0.226. The highest BCUT2D eigenvalue weighted by Gasteiger charge is 2.44. The van der Waals surface area contributed by atoms with Crippen LogP contribution in [0.25, 0.3) is 5.57 Å². The Balaban J connectivity index is 2.12. The van der Waals surface area contributed by atoms with Crippen LogP contribution in [0.3, 0.4) is 0 Å². The molecule has 0 N–H and O–H groups in total. The third kappa shape index (κ3) is 2.80. The molecule has 3 rings (SSSR count). The SMILES string of the molecule is COC(=O)[C@@H](C)N1C(=O)/C(=C2\C(=O)N(C)c3ccc(Br)cc32)SC1=S. The number of hydrogen-bond acceptors (Lipinski definition) is 6. The smallest absolute Gasteiger partial charge is 0.328 e. The van der Waals surface area contributed by atoms with Crippen molar-refractivity contribution in [3.63, 3.8) is 0 Å². The highest BCUT2D eigenvalue weighted by molar-refractivity contribution is 9.10. The number of esters is 1. The van der Waals surface area contributed by atoms with Crippen LogP contribution in [0.5, 0.6) is 0 Å². The molecule has 2 aliphatic heterocycles. The van der Waals surface area contributed by atoms with Crippen molar-refractivity contribution in [2.24, 2.45) is 0 Å². The summed E-state index contributed by atoms with van der Waals surface area (Å²) in [5.74, 6) is -1.31. The number of methoxy groups -OCH3 is 1. The molecule has 1 aromatic rings. The summed E-state index contributed by atoms with van der Waals surface area (Å²) in [4.78, 5) is 40.3. The van der Waals surface area contributed by atoms with Gasteiger partial charge in [0.1, 0.15) is 10.4 Å². The first-order valence-electron chi connectivity index (χ1n) is 7.23. The Kier molecular flexibility index (Phi) is 4.74. The summed E-state index contributed by atoms with van der Waals surface area (Å²) in [5, 5.41) is 0. The number of thioether (sulfide) groups is 1. The molecule has 2 aliphatic rings. The van der Waals surface area contributed by atoms with Gasteiger partial charge >= 0.3 is 5.97 Å². The molecule has 6 nitrogen and oxygen atoms in total. The number of likely N-dealkylation sites (N-methyl/N-ethyl adjacent to an activating group) is 1. The van der Waals surface area contributed by atoms with E-state index in [0.717, 1.165) is 21.9 Å². The number of rotatable bonds is 2. The highest BCUT2D eigenvalue weighted by atomic mass is 79.9. The molecule has 1 fully saturated rings. The van der Waals surface area contributed by atoms with E-state index < -0.39 is 17.9 Å². The minimum atomic E-state index is -0.855. The standard InChI is InChI=1S/C16H13BrN2O4S2/c1-7(15(22)23-3)19-14(21)12(25-16(19)24)11-9-6-8(17)4-5-10(9)18(2)13(11)20/h4-7H,1-3H3/b12-11+/t7-/m1/s1. The van der Waals surface area contributed by atoms with Gasteiger partial charge in [-0.3, -0.25) is 14.5 Å². The summed E-state index contributed by atoms with van der Waals surface area (Å²) in [7, 11) is 2.90. The molecule has 2 amide bonds. The van der Waals surface area contributed by atoms with Crippen molar-refractivity contribution < 1.29 is 19.1 Å². The Bertz CT molecular complexity index is 868. The molecule has 0 radical (unpaired) electrons. The van der Waals surface area contributed by atoms with Gasteiger partial charge in [-0.05, 0) is 25.1 Å². The van der Waals surface area contributed by atoms with E-state index >= 15 is 0 Å². The summed E-state index contributed by atoms with van der Waals surface area (Å²) in [5.41, 5.74) is 1.68. The van der Waals surface area contributed by atoms with Gasteiger partial charge in [0.05, 0.1) is 23.3 Å². The number of halogens is 1. The van der Waals surface area contributed by atoms with Gasteiger partial charge in [0.25, 0.3) is 11.8 Å². The fourth-order valence-electron chi connectivity index (χ4n) is 2.75. The number of amides is 2. The van der Waals surface area contributed by atoms with Gasteiger partial charge in [-0.2, -0.15) is 0 Å². The second-order valence-corrected chi connectivity index (χ2v) is 8.03. The molecule has 0 aliphatic carbocycles. The van der Waals surface area contributed by atoms with Gasteiger partial charge in [0.2, 0.25) is 0 Å². The fraction of sp³-hybridized carbons (Fsp3) is 0.250. The van der Waals surface area contributed by atoms with Gasteiger partial charge in [-0.25, -0.2) is 4.79 Å². The van der Waals surface area contributed by atoms with Gasteiger partial charge < -0.3 is 9.64 Å². The molecule has 25 heavy (non-hydrogen) atoms. The van der Waals surface area contributed by atoms with Crippen molar-refractivity contribution in [1.29, 1.82) is 0 Å². The molecule has 130 valence electrons. The zero-order chi connectivity index (χ0) is 18.5. The van der Waals surface area contributed by atoms with Crippen LogP contribution >= 0.6 is 39.9 Å². The predicted octanol–water partition coefficient (Wildman–Crippen LogP) is 2.56. The van der Waals surface area contributed by atoms with E-state index in [1.54, 1.807) is 13.1 Å². The summed E-state index contributed by atoms with van der Waals surface area (Å²) >= 11 is 9.68. The topological polar surface area (TPSA) is 66.9 Å². The Morgan fingerprint density at radius 1 is 1.32 bits per heavy atom. The lowest BCUT2D eigenvalue weighted by atomic mass is 10.1. The predicted molar refractivity (Wildman–Crippen MR) is 103 cm³/mol. The van der Waals surface area contributed by atoms with E-state index in [1.165, 1.54) is 23.8 Å². The molecule has 1 atom stereocenters. The van der Waals surface area contributed by atoms with E-state index in [-0.39, 0.29) is 15.1 Å². The van der Waals surface area contributed by atoms with Crippen molar-refractivity contribution in [1.82, 2.24) is 4.90 Å². The maximum atomic E-state index is 12.9. The van der Waals surface area contributed by atoms with Crippen LogP contribution in [0, 0.1) is 0 Å². The fourth-order valence-corrected chi connectivity index (χ4v) is 4.60. The first kappa shape index (κ1) is 18.1. The molecule has 2 heterocycles. The average molecular weight is 441 g/mol. The van der Waals surface area contributed by atoms with Crippen molar-refractivity contribution in [2.75, 3.05) is 19.1 Å². The van der Waals surface area contributed by atoms with Crippen molar-refractivity contribution in [2.45, 2.75) is 13.0 Å². The van der Waals surface area contributed by atoms with Gasteiger partial charge in [-0.15, -0.1) is 0 Å². The lowest BCUT2D eigenvalue weighted by Gasteiger charge is -2.20. The summed E-state index contributed by atoms with van der Waals surface area (Å²) in [6.45, 7) is 1.54. The van der Waals surface area contributed by atoms with Crippen LogP contribution in [-0.2, 0) is 19.1 Å². The molecule has 1 aromatic carbocycles. The van der Waals surface area contributed by atoms with Crippen LogP contribution in [0.2, 0.25) is 0 Å². The maximum absolute atomic E-state index is 12.9.